The monoisotopic (exact) mass is 403 g/mol. The third-order valence-electron chi connectivity index (χ3n) is 4.03. The molecule has 0 spiro atoms. The van der Waals surface area contributed by atoms with Crippen molar-refractivity contribution in [3.05, 3.63) is 47.5 Å². The van der Waals surface area contributed by atoms with E-state index < -0.39 is 21.4 Å². The molecule has 2 aromatic rings. The Kier molecular flexibility index (Phi) is 5.06. The van der Waals surface area contributed by atoms with Crippen LogP contribution >= 0.6 is 0 Å². The van der Waals surface area contributed by atoms with E-state index in [1.807, 2.05) is 0 Å². The van der Waals surface area contributed by atoms with Gasteiger partial charge in [-0.3, -0.25) is 4.55 Å². The first-order chi connectivity index (χ1) is 12.5. The van der Waals surface area contributed by atoms with Crippen LogP contribution in [0.1, 0.15) is 17.0 Å². The lowest BCUT2D eigenvalue weighted by atomic mass is 9.93. The van der Waals surface area contributed by atoms with Gasteiger partial charge in [-0.15, -0.1) is 13.2 Å². The minimum Gasteiger partial charge on any atom is -0.456 e. The predicted molar refractivity (Wildman–Crippen MR) is 89.8 cm³/mol. The number of benzene rings is 2. The van der Waals surface area contributed by atoms with Crippen molar-refractivity contribution in [2.75, 3.05) is 13.1 Å². The van der Waals surface area contributed by atoms with Gasteiger partial charge in [0.2, 0.25) is 0 Å². The minimum absolute atomic E-state index is 0.125. The highest BCUT2D eigenvalue weighted by Gasteiger charge is 2.34. The van der Waals surface area contributed by atoms with E-state index >= 15 is 0 Å². The number of rotatable bonds is 5. The molecule has 0 radical (unpaired) electrons. The van der Waals surface area contributed by atoms with Crippen molar-refractivity contribution in [2.45, 2.75) is 24.1 Å². The summed E-state index contributed by atoms with van der Waals surface area (Å²) in [5.41, 5.74) is 0.975. The van der Waals surface area contributed by atoms with Crippen LogP contribution in [0.4, 0.5) is 13.2 Å². The summed E-state index contributed by atoms with van der Waals surface area (Å²) in [6.07, 6.45) is -4.83. The highest BCUT2D eigenvalue weighted by atomic mass is 32.2. The molecule has 0 aromatic heterocycles. The van der Waals surface area contributed by atoms with Gasteiger partial charge in [0.1, 0.15) is 22.1 Å². The van der Waals surface area contributed by atoms with E-state index in [0.29, 0.717) is 24.2 Å². The lowest BCUT2D eigenvalue weighted by Crippen LogP contribution is -2.40. The van der Waals surface area contributed by atoms with Crippen molar-refractivity contribution in [1.82, 2.24) is 5.32 Å². The van der Waals surface area contributed by atoms with Crippen molar-refractivity contribution >= 4 is 10.1 Å². The Hall–Kier alpha value is -2.30. The molecule has 1 fully saturated rings. The Labute approximate surface area is 153 Å². The fraction of sp³-hybridized carbons (Fsp3) is 0.294. The van der Waals surface area contributed by atoms with Crippen LogP contribution in [0.2, 0.25) is 0 Å². The van der Waals surface area contributed by atoms with Gasteiger partial charge in [-0.2, -0.15) is 8.42 Å². The summed E-state index contributed by atoms with van der Waals surface area (Å²) in [4.78, 5) is -0.435. The molecule has 0 aliphatic carbocycles. The van der Waals surface area contributed by atoms with Crippen LogP contribution < -0.4 is 14.8 Å². The van der Waals surface area contributed by atoms with Gasteiger partial charge in [0, 0.05) is 24.6 Å². The van der Waals surface area contributed by atoms with Crippen LogP contribution in [-0.2, 0) is 10.1 Å². The molecule has 0 amide bonds. The number of hydrogen-bond donors (Lipinski definition) is 2. The molecular weight excluding hydrogens is 387 g/mol. The summed E-state index contributed by atoms with van der Waals surface area (Å²) in [5.74, 6) is -0.522. The molecule has 6 nitrogen and oxygen atoms in total. The molecule has 2 aromatic carbocycles. The Morgan fingerprint density at radius 3 is 2.37 bits per heavy atom. The summed E-state index contributed by atoms with van der Waals surface area (Å²) in [6.45, 7) is 2.67. The van der Waals surface area contributed by atoms with E-state index in [1.165, 1.54) is 30.3 Å². The summed E-state index contributed by atoms with van der Waals surface area (Å²) in [7, 11) is -4.53. The maximum atomic E-state index is 12.6. The second-order valence-corrected chi connectivity index (χ2v) is 7.52. The molecule has 3 rings (SSSR count). The number of halogens is 3. The average molecular weight is 403 g/mol. The normalized spacial score (nSPS) is 15.3. The highest BCUT2D eigenvalue weighted by molar-refractivity contribution is 7.86. The van der Waals surface area contributed by atoms with Crippen LogP contribution in [-0.4, -0.2) is 32.4 Å². The molecule has 2 N–H and O–H groups in total. The van der Waals surface area contributed by atoms with Crippen molar-refractivity contribution in [2.24, 2.45) is 0 Å². The quantitative estimate of drug-likeness (QED) is 0.742. The third-order valence-corrected chi connectivity index (χ3v) is 4.93. The lowest BCUT2D eigenvalue weighted by Gasteiger charge is -2.29. The number of ether oxygens (including phenoxy) is 2. The highest BCUT2D eigenvalue weighted by Crippen LogP contribution is 2.38. The standard InChI is InChI=1S/C17H16F3NO5S/c1-10-2-5-16(27(22,23)24)15(6-10)25-12-3-4-14(26-17(18,19)20)13(7-12)11-8-21-9-11/h2-7,11,21H,8-9H2,1H3,(H,22,23,24). The van der Waals surface area contributed by atoms with Crippen molar-refractivity contribution < 1.29 is 35.6 Å². The summed E-state index contributed by atoms with van der Waals surface area (Å²) in [5, 5.41) is 2.97. The Morgan fingerprint density at radius 2 is 1.81 bits per heavy atom. The lowest BCUT2D eigenvalue weighted by molar-refractivity contribution is -0.275. The second-order valence-electron chi connectivity index (χ2n) is 6.13. The smallest absolute Gasteiger partial charge is 0.456 e. The molecule has 0 unspecified atom stereocenters. The molecular formula is C17H16F3NO5S. The molecule has 1 heterocycles. The van der Waals surface area contributed by atoms with Gasteiger partial charge in [0.15, 0.2) is 0 Å². The van der Waals surface area contributed by atoms with Gasteiger partial charge in [-0.1, -0.05) is 6.07 Å². The molecule has 1 aliphatic heterocycles. The third kappa shape index (κ3) is 4.71. The van der Waals surface area contributed by atoms with Crippen molar-refractivity contribution in [3.63, 3.8) is 0 Å². The van der Waals surface area contributed by atoms with Gasteiger partial charge in [0.05, 0.1) is 0 Å². The summed E-state index contributed by atoms with van der Waals surface area (Å²) < 4.78 is 79.9. The zero-order chi connectivity index (χ0) is 19.8. The summed E-state index contributed by atoms with van der Waals surface area (Å²) >= 11 is 0. The molecule has 1 aliphatic rings. The Balaban J connectivity index is 1.98. The van der Waals surface area contributed by atoms with Gasteiger partial charge in [-0.05, 0) is 42.8 Å². The fourth-order valence-electron chi connectivity index (χ4n) is 2.67. The van der Waals surface area contributed by atoms with Crippen LogP contribution in [0.5, 0.6) is 17.2 Å². The molecule has 0 bridgehead atoms. The predicted octanol–water partition coefficient (Wildman–Crippen LogP) is 3.62. The first-order valence-corrected chi connectivity index (χ1v) is 9.33. The van der Waals surface area contributed by atoms with E-state index in [-0.39, 0.29) is 23.2 Å². The van der Waals surface area contributed by atoms with Crippen molar-refractivity contribution in [3.8, 4) is 17.2 Å². The molecule has 10 heteroatoms. The zero-order valence-electron chi connectivity index (χ0n) is 14.1. The maximum absolute atomic E-state index is 12.6. The molecule has 0 atom stereocenters. The van der Waals surface area contributed by atoms with Crippen LogP contribution in [0.3, 0.4) is 0 Å². The molecule has 27 heavy (non-hydrogen) atoms. The van der Waals surface area contributed by atoms with Gasteiger partial charge < -0.3 is 14.8 Å². The topological polar surface area (TPSA) is 84.9 Å². The fourth-order valence-corrected chi connectivity index (χ4v) is 3.27. The number of alkyl halides is 3. The SMILES string of the molecule is Cc1ccc(S(=O)(=O)O)c(Oc2ccc(OC(F)(F)F)c(C3CNC3)c2)c1. The van der Waals surface area contributed by atoms with Gasteiger partial charge >= 0.3 is 6.36 Å². The Bertz CT molecular complexity index is 956. The largest absolute Gasteiger partial charge is 0.573 e. The number of nitrogens with one attached hydrogen (secondary N) is 1. The van der Waals surface area contributed by atoms with E-state index in [1.54, 1.807) is 6.92 Å². The van der Waals surface area contributed by atoms with Crippen LogP contribution in [0.25, 0.3) is 0 Å². The van der Waals surface area contributed by atoms with Crippen LogP contribution in [0, 0.1) is 6.92 Å². The first kappa shape index (κ1) is 19.5. The van der Waals surface area contributed by atoms with E-state index in [2.05, 4.69) is 10.1 Å². The molecule has 0 saturated carbocycles. The zero-order valence-corrected chi connectivity index (χ0v) is 14.9. The van der Waals surface area contributed by atoms with Gasteiger partial charge in [-0.25, -0.2) is 0 Å². The Morgan fingerprint density at radius 1 is 1.11 bits per heavy atom. The number of hydrogen-bond acceptors (Lipinski definition) is 5. The number of aryl methyl sites for hydroxylation is 1. The molecule has 1 saturated heterocycles. The average Bonchev–Trinajstić information content (AvgIpc) is 2.45. The van der Waals surface area contributed by atoms with E-state index in [9.17, 15) is 26.1 Å². The van der Waals surface area contributed by atoms with Crippen LogP contribution in [0.15, 0.2) is 41.3 Å². The van der Waals surface area contributed by atoms with Crippen molar-refractivity contribution in [1.29, 1.82) is 0 Å². The van der Waals surface area contributed by atoms with Gasteiger partial charge in [0.25, 0.3) is 10.1 Å². The minimum atomic E-state index is -4.83. The maximum Gasteiger partial charge on any atom is 0.573 e. The molecule has 146 valence electrons. The second kappa shape index (κ2) is 7.02. The first-order valence-electron chi connectivity index (χ1n) is 7.89. The summed E-state index contributed by atoms with van der Waals surface area (Å²) in [6, 6.07) is 7.84. The van der Waals surface area contributed by atoms with E-state index in [4.69, 9.17) is 4.74 Å². The van der Waals surface area contributed by atoms with E-state index in [0.717, 1.165) is 6.07 Å².